The lowest BCUT2D eigenvalue weighted by atomic mass is 10.1. The summed E-state index contributed by atoms with van der Waals surface area (Å²) in [6.45, 7) is 4.59. The van der Waals surface area contributed by atoms with Gasteiger partial charge in [0.1, 0.15) is 13.2 Å². The Kier molecular flexibility index (Phi) is 4.99. The number of aliphatic hydroxyl groups is 1. The molecule has 7 heteroatoms. The predicted molar refractivity (Wildman–Crippen MR) is 93.5 cm³/mol. The van der Waals surface area contributed by atoms with Crippen LogP contribution in [0, 0.1) is 13.8 Å². The number of aliphatic hydroxyl groups excluding tert-OH is 1. The molecule has 1 aliphatic heterocycles. The summed E-state index contributed by atoms with van der Waals surface area (Å²) in [5.74, 6) is 1.18. The van der Waals surface area contributed by atoms with Crippen molar-refractivity contribution >= 4 is 10.0 Å². The zero-order valence-corrected chi connectivity index (χ0v) is 15.0. The first kappa shape index (κ1) is 17.7. The molecule has 0 saturated heterocycles. The van der Waals surface area contributed by atoms with E-state index in [1.54, 1.807) is 36.4 Å². The fourth-order valence-electron chi connectivity index (χ4n) is 2.54. The van der Waals surface area contributed by atoms with Crippen molar-refractivity contribution in [3.8, 4) is 11.5 Å². The van der Waals surface area contributed by atoms with Crippen LogP contribution in [-0.2, 0) is 10.0 Å². The topological polar surface area (TPSA) is 84.9 Å². The van der Waals surface area contributed by atoms with Crippen LogP contribution in [0.2, 0.25) is 0 Å². The summed E-state index contributed by atoms with van der Waals surface area (Å²) in [7, 11) is -3.69. The van der Waals surface area contributed by atoms with Crippen molar-refractivity contribution in [1.29, 1.82) is 0 Å². The third kappa shape index (κ3) is 3.95. The number of hydrogen-bond acceptors (Lipinski definition) is 5. The number of aryl methyl sites for hydroxylation is 2. The number of nitrogens with one attached hydrogen (secondary N) is 1. The second-order valence-electron chi connectivity index (χ2n) is 6.02. The Balaban J connectivity index is 1.70. The number of ether oxygens (including phenoxy) is 2. The number of hydrogen-bond donors (Lipinski definition) is 2. The highest BCUT2D eigenvalue weighted by atomic mass is 32.2. The number of sulfonamides is 1. The Morgan fingerprint density at radius 2 is 1.76 bits per heavy atom. The average molecular weight is 363 g/mol. The maximum atomic E-state index is 12.4. The van der Waals surface area contributed by atoms with Gasteiger partial charge < -0.3 is 14.6 Å². The van der Waals surface area contributed by atoms with Gasteiger partial charge in [0.25, 0.3) is 0 Å². The Labute approximate surface area is 147 Å². The molecule has 0 radical (unpaired) electrons. The zero-order valence-electron chi connectivity index (χ0n) is 14.2. The summed E-state index contributed by atoms with van der Waals surface area (Å²) in [6.07, 6.45) is -0.989. The van der Waals surface area contributed by atoms with E-state index in [1.165, 1.54) is 0 Å². The van der Waals surface area contributed by atoms with Crippen LogP contribution < -0.4 is 14.2 Å². The van der Waals surface area contributed by atoms with E-state index in [-0.39, 0.29) is 11.4 Å². The molecule has 0 aliphatic carbocycles. The van der Waals surface area contributed by atoms with Crippen molar-refractivity contribution in [3.05, 3.63) is 53.1 Å². The first-order chi connectivity index (χ1) is 11.9. The number of rotatable bonds is 5. The molecule has 0 aromatic heterocycles. The van der Waals surface area contributed by atoms with Crippen LogP contribution in [0.15, 0.2) is 41.3 Å². The summed E-state index contributed by atoms with van der Waals surface area (Å²) in [5, 5.41) is 10.3. The van der Waals surface area contributed by atoms with Gasteiger partial charge in [0.05, 0.1) is 11.0 Å². The summed E-state index contributed by atoms with van der Waals surface area (Å²) in [6, 6.07) is 10.0. The first-order valence-electron chi connectivity index (χ1n) is 8.01. The van der Waals surface area contributed by atoms with Gasteiger partial charge in [-0.2, -0.15) is 0 Å². The second-order valence-corrected chi connectivity index (χ2v) is 7.78. The van der Waals surface area contributed by atoms with Gasteiger partial charge in [0.2, 0.25) is 10.0 Å². The van der Waals surface area contributed by atoms with E-state index in [0.717, 1.165) is 11.1 Å². The normalized spacial score (nSPS) is 15.0. The highest BCUT2D eigenvalue weighted by Gasteiger charge is 2.19. The summed E-state index contributed by atoms with van der Waals surface area (Å²) < 4.78 is 38.2. The van der Waals surface area contributed by atoms with Crippen molar-refractivity contribution < 1.29 is 23.0 Å². The van der Waals surface area contributed by atoms with E-state index in [0.29, 0.717) is 30.3 Å². The third-order valence-electron chi connectivity index (χ3n) is 4.21. The minimum atomic E-state index is -3.69. The molecule has 1 heterocycles. The predicted octanol–water partition coefficient (Wildman–Crippen LogP) is 2.09. The fourth-order valence-corrected chi connectivity index (χ4v) is 3.66. The second kappa shape index (κ2) is 7.03. The number of benzene rings is 2. The molecule has 0 spiro atoms. The molecule has 0 saturated carbocycles. The van der Waals surface area contributed by atoms with Gasteiger partial charge in [-0.05, 0) is 54.8 Å². The van der Waals surface area contributed by atoms with Crippen LogP contribution in [-0.4, -0.2) is 33.3 Å². The Morgan fingerprint density at radius 1 is 1.04 bits per heavy atom. The van der Waals surface area contributed by atoms with E-state index in [4.69, 9.17) is 9.47 Å². The lowest BCUT2D eigenvalue weighted by molar-refractivity contribution is 0.165. The van der Waals surface area contributed by atoms with Crippen molar-refractivity contribution in [2.45, 2.75) is 24.8 Å². The summed E-state index contributed by atoms with van der Waals surface area (Å²) in [4.78, 5) is 0.185. The molecule has 2 aromatic rings. The highest BCUT2D eigenvalue weighted by Crippen LogP contribution is 2.32. The highest BCUT2D eigenvalue weighted by molar-refractivity contribution is 7.89. The molecule has 6 nitrogen and oxygen atoms in total. The fraction of sp³-hybridized carbons (Fsp3) is 0.333. The Morgan fingerprint density at radius 3 is 2.48 bits per heavy atom. The van der Waals surface area contributed by atoms with E-state index in [9.17, 15) is 13.5 Å². The van der Waals surface area contributed by atoms with Crippen LogP contribution in [0.1, 0.15) is 22.8 Å². The van der Waals surface area contributed by atoms with E-state index >= 15 is 0 Å². The summed E-state index contributed by atoms with van der Waals surface area (Å²) in [5.41, 5.74) is 2.48. The van der Waals surface area contributed by atoms with Crippen molar-refractivity contribution in [2.75, 3.05) is 19.8 Å². The SMILES string of the molecule is Cc1ccc(S(=O)(=O)NCC(O)c2ccc3c(c2)OCCO3)cc1C. The van der Waals surface area contributed by atoms with Crippen LogP contribution in [0.25, 0.3) is 0 Å². The maximum absolute atomic E-state index is 12.4. The van der Waals surface area contributed by atoms with E-state index < -0.39 is 16.1 Å². The first-order valence-corrected chi connectivity index (χ1v) is 9.50. The molecule has 134 valence electrons. The largest absolute Gasteiger partial charge is 0.486 e. The molecule has 1 atom stereocenters. The van der Waals surface area contributed by atoms with Gasteiger partial charge in [-0.15, -0.1) is 0 Å². The van der Waals surface area contributed by atoms with Crippen molar-refractivity contribution in [3.63, 3.8) is 0 Å². The molecular formula is C18H21NO5S. The lowest BCUT2D eigenvalue weighted by Crippen LogP contribution is -2.28. The van der Waals surface area contributed by atoms with Crippen molar-refractivity contribution in [1.82, 2.24) is 4.72 Å². The molecule has 3 rings (SSSR count). The molecule has 2 N–H and O–H groups in total. The van der Waals surface area contributed by atoms with Crippen LogP contribution >= 0.6 is 0 Å². The van der Waals surface area contributed by atoms with E-state index in [2.05, 4.69) is 4.72 Å². The standard InChI is InChI=1S/C18H21NO5S/c1-12-3-5-15(9-13(12)2)25(21,22)19-11-16(20)14-4-6-17-18(10-14)24-8-7-23-17/h3-6,9-10,16,19-20H,7-8,11H2,1-2H3. The monoisotopic (exact) mass is 363 g/mol. The zero-order chi connectivity index (χ0) is 18.0. The van der Waals surface area contributed by atoms with Gasteiger partial charge in [-0.1, -0.05) is 12.1 Å². The Bertz CT molecular complexity index is 879. The minimum absolute atomic E-state index is 0.130. The van der Waals surface area contributed by atoms with Crippen LogP contribution in [0.4, 0.5) is 0 Å². The molecule has 1 aliphatic rings. The molecule has 0 amide bonds. The van der Waals surface area contributed by atoms with Gasteiger partial charge >= 0.3 is 0 Å². The van der Waals surface area contributed by atoms with Crippen molar-refractivity contribution in [2.24, 2.45) is 0 Å². The van der Waals surface area contributed by atoms with Gasteiger partial charge in [-0.3, -0.25) is 0 Å². The number of fused-ring (bicyclic) bond motifs is 1. The molecule has 0 fully saturated rings. The summed E-state index contributed by atoms with van der Waals surface area (Å²) >= 11 is 0. The lowest BCUT2D eigenvalue weighted by Gasteiger charge is -2.20. The molecule has 25 heavy (non-hydrogen) atoms. The molecular weight excluding hydrogens is 342 g/mol. The van der Waals surface area contributed by atoms with Gasteiger partial charge in [0.15, 0.2) is 11.5 Å². The minimum Gasteiger partial charge on any atom is -0.486 e. The quantitative estimate of drug-likeness (QED) is 0.850. The molecule has 0 bridgehead atoms. The molecule has 1 unspecified atom stereocenters. The van der Waals surface area contributed by atoms with Crippen LogP contribution in [0.5, 0.6) is 11.5 Å². The average Bonchev–Trinajstić information content (AvgIpc) is 2.61. The molecule has 2 aromatic carbocycles. The maximum Gasteiger partial charge on any atom is 0.240 e. The third-order valence-corrected chi connectivity index (χ3v) is 5.63. The van der Waals surface area contributed by atoms with E-state index in [1.807, 2.05) is 13.8 Å². The Hall–Kier alpha value is -2.09. The van der Waals surface area contributed by atoms with Crippen LogP contribution in [0.3, 0.4) is 0 Å². The smallest absolute Gasteiger partial charge is 0.240 e. The van der Waals surface area contributed by atoms with Gasteiger partial charge in [0, 0.05) is 6.54 Å². The van der Waals surface area contributed by atoms with Gasteiger partial charge in [-0.25, -0.2) is 13.1 Å².